The van der Waals surface area contributed by atoms with Crippen molar-refractivity contribution in [2.75, 3.05) is 10.6 Å². The van der Waals surface area contributed by atoms with E-state index in [0.29, 0.717) is 33.2 Å². The maximum absolute atomic E-state index is 13.0. The number of nitrogens with zero attached hydrogens (tertiary/aromatic N) is 2. The molecule has 0 spiro atoms. The molecule has 3 amide bonds. The number of aromatic nitrogens is 3. The third-order valence-corrected chi connectivity index (χ3v) is 5.43. The van der Waals surface area contributed by atoms with E-state index in [4.69, 9.17) is 5.73 Å². The first-order valence-electron chi connectivity index (χ1n) is 9.49. The quantitative estimate of drug-likeness (QED) is 0.359. The van der Waals surface area contributed by atoms with Crippen LogP contribution in [0.25, 0.3) is 11.3 Å². The lowest BCUT2D eigenvalue weighted by Gasteiger charge is -2.13. The van der Waals surface area contributed by atoms with E-state index in [2.05, 4.69) is 25.6 Å². The van der Waals surface area contributed by atoms with Crippen molar-refractivity contribution < 1.29 is 14.4 Å². The molecule has 0 saturated heterocycles. The molecule has 0 bridgehead atoms. The van der Waals surface area contributed by atoms with Gasteiger partial charge in [-0.1, -0.05) is 12.1 Å². The fourth-order valence-corrected chi connectivity index (χ4v) is 3.74. The lowest BCUT2D eigenvalue weighted by molar-refractivity contribution is 0.0992. The summed E-state index contributed by atoms with van der Waals surface area (Å²) in [5, 5.41) is 7.71. The van der Waals surface area contributed by atoms with Crippen molar-refractivity contribution in [1.29, 1.82) is 0 Å². The lowest BCUT2D eigenvalue weighted by atomic mass is 10.1. The Balaban J connectivity index is 1.54. The predicted molar refractivity (Wildman–Crippen MR) is 122 cm³/mol. The van der Waals surface area contributed by atoms with Crippen molar-refractivity contribution in [2.45, 2.75) is 6.92 Å². The maximum Gasteiger partial charge on any atom is 0.265 e. The van der Waals surface area contributed by atoms with Gasteiger partial charge in [0.2, 0.25) is 0 Å². The molecule has 0 unspecified atom stereocenters. The smallest absolute Gasteiger partial charge is 0.265 e. The molecule has 0 atom stereocenters. The summed E-state index contributed by atoms with van der Waals surface area (Å²) in [6.45, 7) is 1.81. The van der Waals surface area contributed by atoms with Gasteiger partial charge in [-0.2, -0.15) is 0 Å². The van der Waals surface area contributed by atoms with E-state index < -0.39 is 11.8 Å². The molecular formula is C22H18N6O3S. The molecule has 5 N–H and O–H groups in total. The molecule has 160 valence electrons. The minimum absolute atomic E-state index is 0.271. The zero-order chi connectivity index (χ0) is 22.7. The molecule has 0 saturated carbocycles. The zero-order valence-corrected chi connectivity index (χ0v) is 17.7. The number of pyridine rings is 1. The molecular weight excluding hydrogens is 428 g/mol. The van der Waals surface area contributed by atoms with Crippen LogP contribution in [-0.4, -0.2) is 32.7 Å². The van der Waals surface area contributed by atoms with Gasteiger partial charge < -0.3 is 16.0 Å². The van der Waals surface area contributed by atoms with Crippen molar-refractivity contribution in [3.63, 3.8) is 0 Å². The molecule has 0 radical (unpaired) electrons. The molecule has 3 aromatic heterocycles. The van der Waals surface area contributed by atoms with Crippen LogP contribution in [0.5, 0.6) is 0 Å². The summed E-state index contributed by atoms with van der Waals surface area (Å²) in [5.41, 5.74) is 8.69. The second-order valence-electron chi connectivity index (χ2n) is 6.85. The van der Waals surface area contributed by atoms with E-state index in [9.17, 15) is 14.4 Å². The minimum Gasteiger partial charge on any atom is -0.364 e. The second kappa shape index (κ2) is 8.82. The number of para-hydroxylation sites is 1. The molecule has 0 aliphatic rings. The number of thiazole rings is 1. The largest absolute Gasteiger partial charge is 0.364 e. The van der Waals surface area contributed by atoms with Crippen LogP contribution in [0.2, 0.25) is 0 Å². The molecule has 1 aromatic carbocycles. The Morgan fingerprint density at radius 1 is 1.06 bits per heavy atom. The minimum atomic E-state index is -0.569. The van der Waals surface area contributed by atoms with Gasteiger partial charge in [0.05, 0.1) is 16.9 Å². The summed E-state index contributed by atoms with van der Waals surface area (Å²) < 4.78 is 0. The second-order valence-corrected chi connectivity index (χ2v) is 7.70. The first-order valence-corrected chi connectivity index (χ1v) is 10.4. The summed E-state index contributed by atoms with van der Waals surface area (Å²) in [4.78, 5) is 47.9. The monoisotopic (exact) mass is 446 g/mol. The van der Waals surface area contributed by atoms with Crippen LogP contribution in [0.1, 0.15) is 36.8 Å². The SMILES string of the molecule is Cc1cccc(C(=O)Nc2nc(-c3c[nH]c(C(N)=O)c3)cs2)c1NC(=O)c1ccncc1. The van der Waals surface area contributed by atoms with Gasteiger partial charge in [-0.3, -0.25) is 24.7 Å². The van der Waals surface area contributed by atoms with Gasteiger partial charge in [0.25, 0.3) is 17.7 Å². The van der Waals surface area contributed by atoms with Gasteiger partial charge in [0.1, 0.15) is 5.69 Å². The lowest BCUT2D eigenvalue weighted by Crippen LogP contribution is -2.19. The van der Waals surface area contributed by atoms with Crippen LogP contribution >= 0.6 is 11.3 Å². The van der Waals surface area contributed by atoms with Crippen molar-refractivity contribution in [2.24, 2.45) is 5.73 Å². The Morgan fingerprint density at radius 3 is 2.56 bits per heavy atom. The number of carbonyl (C=O) groups is 3. The number of amides is 3. The number of H-pyrrole nitrogens is 1. The Bertz CT molecular complexity index is 1310. The molecule has 3 heterocycles. The van der Waals surface area contributed by atoms with Crippen LogP contribution in [0.4, 0.5) is 10.8 Å². The molecule has 0 aliphatic heterocycles. The number of aromatic amines is 1. The van der Waals surface area contributed by atoms with Crippen molar-refractivity contribution >= 4 is 39.9 Å². The zero-order valence-electron chi connectivity index (χ0n) is 16.9. The van der Waals surface area contributed by atoms with Crippen molar-refractivity contribution in [3.05, 3.63) is 82.8 Å². The number of carbonyl (C=O) groups excluding carboxylic acids is 3. The van der Waals surface area contributed by atoms with E-state index in [0.717, 1.165) is 5.56 Å². The molecule has 0 aliphatic carbocycles. The fourth-order valence-electron chi connectivity index (χ4n) is 3.02. The molecule has 0 fully saturated rings. The number of rotatable bonds is 6. The Hall–Kier alpha value is -4.31. The Morgan fingerprint density at radius 2 is 1.84 bits per heavy atom. The standard InChI is InChI=1S/C22H18N6O3S/c1-12-3-2-4-15(18(12)27-20(30)13-5-7-24-8-6-13)21(31)28-22-26-17(11-32-22)14-9-16(19(23)29)25-10-14/h2-11,25H,1H3,(H2,23,29)(H,27,30)(H,26,28,31). The summed E-state index contributed by atoms with van der Waals surface area (Å²) >= 11 is 1.24. The van der Waals surface area contributed by atoms with Crippen LogP contribution in [0.15, 0.2) is 60.4 Å². The maximum atomic E-state index is 13.0. The van der Waals surface area contributed by atoms with Crippen LogP contribution in [0, 0.1) is 6.92 Å². The highest BCUT2D eigenvalue weighted by molar-refractivity contribution is 7.14. The molecule has 4 aromatic rings. The Labute approximate surface area is 186 Å². The Kier molecular flexibility index (Phi) is 5.77. The average molecular weight is 446 g/mol. The highest BCUT2D eigenvalue weighted by Crippen LogP contribution is 2.27. The van der Waals surface area contributed by atoms with Gasteiger partial charge in [-0.05, 0) is 36.8 Å². The highest BCUT2D eigenvalue weighted by Gasteiger charge is 2.18. The van der Waals surface area contributed by atoms with Crippen LogP contribution < -0.4 is 16.4 Å². The van der Waals surface area contributed by atoms with E-state index in [-0.39, 0.29) is 11.6 Å². The molecule has 4 rings (SSSR count). The molecule has 32 heavy (non-hydrogen) atoms. The normalized spacial score (nSPS) is 10.5. The summed E-state index contributed by atoms with van der Waals surface area (Å²) in [7, 11) is 0. The van der Waals surface area contributed by atoms with Crippen LogP contribution in [-0.2, 0) is 0 Å². The number of nitrogens with one attached hydrogen (secondary N) is 3. The van der Waals surface area contributed by atoms with E-state index in [1.165, 1.54) is 23.7 Å². The highest BCUT2D eigenvalue weighted by atomic mass is 32.1. The number of primary amides is 1. The third-order valence-electron chi connectivity index (χ3n) is 4.67. The summed E-state index contributed by atoms with van der Waals surface area (Å²) in [6, 6.07) is 9.96. The topological polar surface area (TPSA) is 143 Å². The van der Waals surface area contributed by atoms with E-state index in [1.807, 2.05) is 13.0 Å². The first-order chi connectivity index (χ1) is 15.4. The fraction of sp³-hybridized carbons (Fsp3) is 0.0455. The number of nitrogens with two attached hydrogens (primary N) is 1. The number of hydrogen-bond donors (Lipinski definition) is 4. The summed E-state index contributed by atoms with van der Waals surface area (Å²) in [5.74, 6) is -1.32. The predicted octanol–water partition coefficient (Wildman–Crippen LogP) is 3.45. The first kappa shape index (κ1) is 20.9. The molecule has 9 nitrogen and oxygen atoms in total. The van der Waals surface area contributed by atoms with Crippen LogP contribution in [0.3, 0.4) is 0 Å². The van der Waals surface area contributed by atoms with Gasteiger partial charge in [-0.15, -0.1) is 11.3 Å². The average Bonchev–Trinajstić information content (AvgIpc) is 3.45. The van der Waals surface area contributed by atoms with Crippen molar-refractivity contribution in [1.82, 2.24) is 15.0 Å². The van der Waals surface area contributed by atoms with Gasteiger partial charge in [0, 0.05) is 35.1 Å². The van der Waals surface area contributed by atoms with E-state index >= 15 is 0 Å². The van der Waals surface area contributed by atoms with E-state index in [1.54, 1.807) is 41.9 Å². The van der Waals surface area contributed by atoms with Gasteiger partial charge in [-0.25, -0.2) is 4.98 Å². The number of benzene rings is 1. The number of hydrogen-bond acceptors (Lipinski definition) is 6. The molecule has 10 heteroatoms. The van der Waals surface area contributed by atoms with Crippen molar-refractivity contribution in [3.8, 4) is 11.3 Å². The summed E-state index contributed by atoms with van der Waals surface area (Å²) in [6.07, 6.45) is 4.67. The number of aryl methyl sites for hydroxylation is 1. The van der Waals surface area contributed by atoms with Gasteiger partial charge in [0.15, 0.2) is 5.13 Å². The number of anilines is 2. The van der Waals surface area contributed by atoms with Gasteiger partial charge >= 0.3 is 0 Å². The third kappa shape index (κ3) is 4.40.